The van der Waals surface area contributed by atoms with E-state index in [2.05, 4.69) is 36.0 Å². The van der Waals surface area contributed by atoms with Crippen LogP contribution in [0.25, 0.3) is 16.9 Å². The Morgan fingerprint density at radius 2 is 1.65 bits per heavy atom. The molecule has 0 N–H and O–H groups in total. The number of nitrogens with zero attached hydrogens (tertiary/aromatic N) is 4. The van der Waals surface area contributed by atoms with Crippen molar-refractivity contribution in [1.82, 2.24) is 19.8 Å². The average Bonchev–Trinajstić information content (AvgIpc) is 2.97. The Balaban J connectivity index is 2.07. The molecule has 2 aromatic heterocycles. The molecule has 3 rings (SSSR count). The van der Waals surface area contributed by atoms with E-state index in [1.807, 2.05) is 0 Å². The predicted octanol–water partition coefficient (Wildman–Crippen LogP) is 4.60. The quantitative estimate of drug-likeness (QED) is 0.441. The molecule has 3 aromatic rings. The highest BCUT2D eigenvalue weighted by molar-refractivity contribution is 9.08. The number of ether oxygens (including phenoxy) is 1. The summed E-state index contributed by atoms with van der Waals surface area (Å²) in [6.07, 6.45) is -9.61. The van der Waals surface area contributed by atoms with Gasteiger partial charge in [0.2, 0.25) is 0 Å². The van der Waals surface area contributed by atoms with Gasteiger partial charge in [-0.15, -0.1) is 23.4 Å². The number of benzene rings is 1. The van der Waals surface area contributed by atoms with Crippen molar-refractivity contribution in [3.63, 3.8) is 0 Å². The molecule has 0 bridgehead atoms. The molecule has 0 saturated carbocycles. The lowest BCUT2D eigenvalue weighted by molar-refractivity contribution is -0.274. The Morgan fingerprint density at radius 3 is 2.19 bits per heavy atom. The van der Waals surface area contributed by atoms with Crippen LogP contribution in [0, 0.1) is 0 Å². The Labute approximate surface area is 149 Å². The van der Waals surface area contributed by atoms with Gasteiger partial charge in [-0.3, -0.25) is 0 Å². The third-order valence-corrected chi connectivity index (χ3v) is 3.83. The van der Waals surface area contributed by atoms with Crippen molar-refractivity contribution in [2.24, 2.45) is 0 Å². The van der Waals surface area contributed by atoms with Gasteiger partial charge in [0.25, 0.3) is 5.82 Å². The first-order valence-corrected chi connectivity index (χ1v) is 7.95. The Hall–Kier alpha value is -2.37. The zero-order chi connectivity index (χ0) is 19.1. The lowest BCUT2D eigenvalue weighted by Gasteiger charge is -2.10. The van der Waals surface area contributed by atoms with E-state index >= 15 is 0 Å². The first-order valence-electron chi connectivity index (χ1n) is 6.83. The van der Waals surface area contributed by atoms with Gasteiger partial charge in [-0.2, -0.15) is 22.8 Å². The number of hydrogen-bond acceptors (Lipinski definition) is 4. The third-order valence-electron chi connectivity index (χ3n) is 3.23. The van der Waals surface area contributed by atoms with Crippen LogP contribution in [0.2, 0.25) is 0 Å². The summed E-state index contributed by atoms with van der Waals surface area (Å²) in [6, 6.07) is 6.06. The van der Waals surface area contributed by atoms with E-state index in [0.717, 1.165) is 12.1 Å². The molecule has 1 aromatic carbocycles. The molecule has 0 aliphatic rings. The lowest BCUT2D eigenvalue weighted by atomic mass is 10.1. The van der Waals surface area contributed by atoms with Gasteiger partial charge < -0.3 is 4.74 Å². The monoisotopic (exact) mass is 440 g/mol. The molecule has 0 aliphatic carbocycles. The molecule has 0 saturated heterocycles. The van der Waals surface area contributed by atoms with Crippen LogP contribution in [0.1, 0.15) is 11.4 Å². The smallest absolute Gasteiger partial charge is 0.406 e. The maximum Gasteiger partial charge on any atom is 0.573 e. The first kappa shape index (κ1) is 18.4. The zero-order valence-electron chi connectivity index (χ0n) is 12.4. The van der Waals surface area contributed by atoms with Crippen LogP contribution in [-0.2, 0) is 11.5 Å². The Kier molecular flexibility index (Phi) is 4.54. The average molecular weight is 441 g/mol. The van der Waals surface area contributed by atoms with E-state index in [1.54, 1.807) is 0 Å². The summed E-state index contributed by atoms with van der Waals surface area (Å²) in [5.74, 6) is -1.75. The van der Waals surface area contributed by atoms with Gasteiger partial charge in [-0.05, 0) is 30.3 Å². The fourth-order valence-electron chi connectivity index (χ4n) is 2.18. The number of alkyl halides is 7. The molecule has 2 heterocycles. The van der Waals surface area contributed by atoms with Gasteiger partial charge >= 0.3 is 12.5 Å². The van der Waals surface area contributed by atoms with E-state index in [9.17, 15) is 26.3 Å². The van der Waals surface area contributed by atoms with Gasteiger partial charge in [0.05, 0.1) is 5.69 Å². The highest BCUT2D eigenvalue weighted by Gasteiger charge is 2.38. The van der Waals surface area contributed by atoms with Gasteiger partial charge in [0.15, 0.2) is 5.65 Å². The van der Waals surface area contributed by atoms with Crippen molar-refractivity contribution in [2.45, 2.75) is 17.9 Å². The van der Waals surface area contributed by atoms with E-state index in [0.29, 0.717) is 15.6 Å². The molecule has 0 spiro atoms. The summed E-state index contributed by atoms with van der Waals surface area (Å²) in [5, 5.41) is 10.7. The molecule has 26 heavy (non-hydrogen) atoms. The summed E-state index contributed by atoms with van der Waals surface area (Å²) in [7, 11) is 0. The first-order chi connectivity index (χ1) is 12.1. The molecule has 0 radical (unpaired) electrons. The largest absolute Gasteiger partial charge is 0.573 e. The minimum atomic E-state index is -4.84. The van der Waals surface area contributed by atoms with Crippen molar-refractivity contribution in [1.29, 1.82) is 0 Å². The SMILES string of the molecule is FC(F)(F)Oc1ccc(-c2cc(CBr)c3nnc(C(F)(F)F)n3n2)cc1. The fraction of sp³-hybridized carbons (Fsp3) is 0.214. The summed E-state index contributed by atoms with van der Waals surface area (Å²) in [5.41, 5.74) is 0.713. The van der Waals surface area contributed by atoms with Crippen LogP contribution in [0.4, 0.5) is 26.3 Å². The van der Waals surface area contributed by atoms with Crippen LogP contribution >= 0.6 is 15.9 Å². The fourth-order valence-corrected chi connectivity index (χ4v) is 2.60. The summed E-state index contributed by atoms with van der Waals surface area (Å²) in [6.45, 7) is 0. The predicted molar refractivity (Wildman–Crippen MR) is 80.5 cm³/mol. The minimum Gasteiger partial charge on any atom is -0.406 e. The second kappa shape index (κ2) is 6.41. The molecule has 0 aliphatic heterocycles. The van der Waals surface area contributed by atoms with E-state index in [-0.39, 0.29) is 16.7 Å². The number of hydrogen-bond donors (Lipinski definition) is 0. The molecule has 0 atom stereocenters. The number of fused-ring (bicyclic) bond motifs is 1. The Bertz CT molecular complexity index is 935. The molecule has 0 unspecified atom stereocenters. The maximum atomic E-state index is 13.0. The highest BCUT2D eigenvalue weighted by Crippen LogP contribution is 2.31. The van der Waals surface area contributed by atoms with Crippen LogP contribution in [0.5, 0.6) is 5.75 Å². The van der Waals surface area contributed by atoms with Crippen molar-refractivity contribution in [3.8, 4) is 17.0 Å². The summed E-state index contributed by atoms with van der Waals surface area (Å²) in [4.78, 5) is 0. The molecular formula is C14H7BrF6N4O. The Morgan fingerprint density at radius 1 is 1.00 bits per heavy atom. The van der Waals surface area contributed by atoms with Crippen molar-refractivity contribution in [3.05, 3.63) is 41.7 Å². The summed E-state index contributed by atoms with van der Waals surface area (Å²) >= 11 is 3.15. The molecule has 12 heteroatoms. The lowest BCUT2D eigenvalue weighted by Crippen LogP contribution is -2.17. The zero-order valence-corrected chi connectivity index (χ0v) is 14.0. The van der Waals surface area contributed by atoms with Gasteiger partial charge in [0, 0.05) is 16.5 Å². The topological polar surface area (TPSA) is 52.3 Å². The van der Waals surface area contributed by atoms with Crippen molar-refractivity contribution in [2.75, 3.05) is 0 Å². The standard InChI is InChI=1S/C14H7BrF6N4O/c15-6-8-5-10(7-1-3-9(4-2-7)26-14(19,20)21)24-25-11(8)22-23-12(25)13(16,17)18/h1-5H,6H2. The second-order valence-electron chi connectivity index (χ2n) is 5.02. The number of halogens is 7. The van der Waals surface area contributed by atoms with Crippen molar-refractivity contribution < 1.29 is 31.1 Å². The number of rotatable bonds is 3. The second-order valence-corrected chi connectivity index (χ2v) is 5.58. The van der Waals surface area contributed by atoms with E-state index in [4.69, 9.17) is 0 Å². The number of aromatic nitrogens is 4. The van der Waals surface area contributed by atoms with Gasteiger partial charge in [-0.1, -0.05) is 15.9 Å². The van der Waals surface area contributed by atoms with Crippen LogP contribution in [-0.4, -0.2) is 26.2 Å². The van der Waals surface area contributed by atoms with Crippen LogP contribution < -0.4 is 4.74 Å². The molecular weight excluding hydrogens is 434 g/mol. The van der Waals surface area contributed by atoms with E-state index in [1.165, 1.54) is 18.2 Å². The van der Waals surface area contributed by atoms with Gasteiger partial charge in [0.1, 0.15) is 5.75 Å². The minimum absolute atomic E-state index is 0.0741. The van der Waals surface area contributed by atoms with Crippen LogP contribution in [0.15, 0.2) is 30.3 Å². The normalized spacial score (nSPS) is 12.6. The van der Waals surface area contributed by atoms with E-state index < -0.39 is 24.1 Å². The highest BCUT2D eigenvalue weighted by atomic mass is 79.9. The maximum absolute atomic E-state index is 13.0. The summed E-state index contributed by atoms with van der Waals surface area (Å²) < 4.78 is 80.0. The van der Waals surface area contributed by atoms with Gasteiger partial charge in [-0.25, -0.2) is 0 Å². The van der Waals surface area contributed by atoms with Crippen LogP contribution in [0.3, 0.4) is 0 Å². The molecule has 138 valence electrons. The van der Waals surface area contributed by atoms with Crippen molar-refractivity contribution >= 4 is 21.6 Å². The third kappa shape index (κ3) is 3.74. The molecule has 0 amide bonds. The molecule has 5 nitrogen and oxygen atoms in total. The molecule has 0 fully saturated rings.